The van der Waals surface area contributed by atoms with E-state index in [0.717, 1.165) is 48.8 Å². The maximum absolute atomic E-state index is 14.6. The molecule has 1 aromatic heterocycles. The lowest BCUT2D eigenvalue weighted by Crippen LogP contribution is -2.47. The van der Waals surface area contributed by atoms with Crippen molar-refractivity contribution in [3.05, 3.63) is 83.7 Å². The van der Waals surface area contributed by atoms with Gasteiger partial charge in [0.05, 0.1) is 22.8 Å². The van der Waals surface area contributed by atoms with Crippen molar-refractivity contribution < 1.29 is 13.5 Å². The van der Waals surface area contributed by atoms with Crippen LogP contribution in [0.25, 0.3) is 11.1 Å². The van der Waals surface area contributed by atoms with Crippen LogP contribution < -0.4 is 21.7 Å². The number of ether oxygens (including phenoxy) is 1. The second kappa shape index (κ2) is 11.2. The van der Waals surface area contributed by atoms with Crippen molar-refractivity contribution in [3.8, 4) is 16.9 Å². The predicted octanol–water partition coefficient (Wildman–Crippen LogP) is 4.83. The van der Waals surface area contributed by atoms with Gasteiger partial charge in [-0.25, -0.2) is 13.6 Å². The van der Waals surface area contributed by atoms with E-state index in [-0.39, 0.29) is 36.2 Å². The van der Waals surface area contributed by atoms with Crippen molar-refractivity contribution in [2.75, 3.05) is 7.11 Å². The number of methoxy groups -OCH3 is 1. The standard InChI is InChI=1S/C27H30F2IN3O3/c1-16-24(18-10-6-13-23(36-2)25(18)30)26(34)33(15-22(31)17-8-4-3-5-9-17)27(35)32(16)14-19-20(28)11-7-12-21(19)29/h6-7,10-13,17,22H,3-5,8-9,14-15,31H2,1-2H3/t22-/m0/s1. The Labute approximate surface area is 222 Å². The van der Waals surface area contributed by atoms with Crippen molar-refractivity contribution in [3.63, 3.8) is 0 Å². The molecule has 0 saturated heterocycles. The highest BCUT2D eigenvalue weighted by Crippen LogP contribution is 2.32. The van der Waals surface area contributed by atoms with E-state index in [9.17, 15) is 18.4 Å². The zero-order valence-electron chi connectivity index (χ0n) is 20.4. The number of halogens is 3. The Bertz CT molecular complexity index is 1360. The first-order chi connectivity index (χ1) is 17.2. The number of nitrogens with two attached hydrogens (primary N) is 1. The summed E-state index contributed by atoms with van der Waals surface area (Å²) in [6, 6.07) is 8.52. The molecule has 1 atom stereocenters. The Morgan fingerprint density at radius 2 is 1.69 bits per heavy atom. The molecule has 1 aliphatic rings. The van der Waals surface area contributed by atoms with Gasteiger partial charge in [0.1, 0.15) is 17.4 Å². The van der Waals surface area contributed by atoms with Crippen molar-refractivity contribution in [1.82, 2.24) is 9.13 Å². The normalized spacial score (nSPS) is 15.2. The predicted molar refractivity (Wildman–Crippen MR) is 144 cm³/mol. The number of hydrogen-bond donors (Lipinski definition) is 1. The summed E-state index contributed by atoms with van der Waals surface area (Å²) in [6.45, 7) is 1.31. The van der Waals surface area contributed by atoms with Crippen LogP contribution in [0.5, 0.6) is 5.75 Å². The lowest BCUT2D eigenvalue weighted by atomic mass is 9.84. The molecule has 0 spiro atoms. The third-order valence-corrected chi connectivity index (χ3v) is 8.28. The van der Waals surface area contributed by atoms with Crippen molar-refractivity contribution in [1.29, 1.82) is 0 Å². The van der Waals surface area contributed by atoms with Crippen LogP contribution in [0.2, 0.25) is 0 Å². The summed E-state index contributed by atoms with van der Waals surface area (Å²) in [6.07, 6.45) is 5.22. The van der Waals surface area contributed by atoms with E-state index < -0.39 is 22.9 Å². The summed E-state index contributed by atoms with van der Waals surface area (Å²) in [5.41, 5.74) is 6.37. The molecule has 2 aromatic carbocycles. The monoisotopic (exact) mass is 609 g/mol. The molecule has 0 amide bonds. The molecule has 0 unspecified atom stereocenters. The molecule has 0 radical (unpaired) electrons. The maximum Gasteiger partial charge on any atom is 0.331 e. The molecular formula is C27H30F2IN3O3. The van der Waals surface area contributed by atoms with Crippen LogP contribution in [-0.4, -0.2) is 22.3 Å². The minimum Gasteiger partial charge on any atom is -0.496 e. The van der Waals surface area contributed by atoms with Crippen LogP contribution in [-0.2, 0) is 13.1 Å². The Morgan fingerprint density at radius 3 is 2.33 bits per heavy atom. The van der Waals surface area contributed by atoms with E-state index in [1.54, 1.807) is 25.1 Å². The summed E-state index contributed by atoms with van der Waals surface area (Å²) in [4.78, 5) is 27.5. The molecule has 1 fully saturated rings. The summed E-state index contributed by atoms with van der Waals surface area (Å²) in [7, 11) is 1.54. The topological polar surface area (TPSA) is 79.2 Å². The van der Waals surface area contributed by atoms with Gasteiger partial charge in [0.25, 0.3) is 5.56 Å². The Hall–Kier alpha value is -2.53. The second-order valence-corrected chi connectivity index (χ2v) is 10.4. The molecule has 1 aliphatic carbocycles. The molecule has 1 heterocycles. The highest BCUT2D eigenvalue weighted by atomic mass is 127. The zero-order valence-corrected chi connectivity index (χ0v) is 22.6. The first-order valence-corrected chi connectivity index (χ1v) is 13.2. The fourth-order valence-corrected chi connectivity index (χ4v) is 5.93. The van der Waals surface area contributed by atoms with Gasteiger partial charge in [0.15, 0.2) is 0 Å². The molecular weight excluding hydrogens is 579 g/mol. The smallest absolute Gasteiger partial charge is 0.331 e. The quantitative estimate of drug-likeness (QED) is 0.390. The number of rotatable bonds is 7. The molecule has 192 valence electrons. The van der Waals surface area contributed by atoms with Gasteiger partial charge < -0.3 is 10.5 Å². The molecule has 1 saturated carbocycles. The molecule has 0 aliphatic heterocycles. The Balaban J connectivity index is 1.92. The van der Waals surface area contributed by atoms with Crippen LogP contribution in [0.4, 0.5) is 8.78 Å². The highest BCUT2D eigenvalue weighted by Gasteiger charge is 2.26. The van der Waals surface area contributed by atoms with Gasteiger partial charge in [0.2, 0.25) is 0 Å². The van der Waals surface area contributed by atoms with Crippen molar-refractivity contribution in [2.45, 2.75) is 58.2 Å². The van der Waals surface area contributed by atoms with Gasteiger partial charge in [0, 0.05) is 29.4 Å². The number of benzene rings is 2. The van der Waals surface area contributed by atoms with E-state index in [4.69, 9.17) is 10.5 Å². The molecule has 6 nitrogen and oxygen atoms in total. The zero-order chi connectivity index (χ0) is 26.0. The Kier molecular flexibility index (Phi) is 8.29. The van der Waals surface area contributed by atoms with E-state index in [1.807, 2.05) is 0 Å². The number of nitrogens with zero attached hydrogens (tertiary/aromatic N) is 2. The largest absolute Gasteiger partial charge is 0.496 e. The minimum atomic E-state index is -0.754. The first kappa shape index (κ1) is 26.5. The number of aromatic nitrogens is 2. The summed E-state index contributed by atoms with van der Waals surface area (Å²) < 4.78 is 37.6. The highest BCUT2D eigenvalue weighted by molar-refractivity contribution is 14.1. The SMILES string of the molecule is COc1cccc(-c2c(C)n(Cc3c(F)cccc3F)c(=O)n(C[C@H](N)C3CCCCC3)c2=O)c1I. The van der Waals surface area contributed by atoms with Crippen LogP contribution >= 0.6 is 22.6 Å². The summed E-state index contributed by atoms with van der Waals surface area (Å²) in [5, 5.41) is 0. The molecule has 9 heteroatoms. The molecule has 3 aromatic rings. The van der Waals surface area contributed by atoms with Gasteiger partial charge >= 0.3 is 5.69 Å². The van der Waals surface area contributed by atoms with E-state index in [2.05, 4.69) is 22.6 Å². The number of hydrogen-bond acceptors (Lipinski definition) is 4. The van der Waals surface area contributed by atoms with E-state index >= 15 is 0 Å². The third-order valence-electron chi connectivity index (χ3n) is 7.17. The van der Waals surface area contributed by atoms with Crippen LogP contribution in [0.1, 0.15) is 43.4 Å². The van der Waals surface area contributed by atoms with Gasteiger partial charge in [-0.1, -0.05) is 37.5 Å². The molecule has 36 heavy (non-hydrogen) atoms. The van der Waals surface area contributed by atoms with E-state index in [1.165, 1.54) is 17.7 Å². The molecule has 4 rings (SSSR count). The lowest BCUT2D eigenvalue weighted by Gasteiger charge is -2.28. The molecule has 0 bridgehead atoms. The maximum atomic E-state index is 14.6. The van der Waals surface area contributed by atoms with Crippen LogP contribution in [0.15, 0.2) is 46.0 Å². The van der Waals surface area contributed by atoms with E-state index in [0.29, 0.717) is 20.6 Å². The van der Waals surface area contributed by atoms with Gasteiger partial charge in [-0.15, -0.1) is 0 Å². The van der Waals surface area contributed by atoms with Crippen LogP contribution in [0, 0.1) is 28.0 Å². The average molecular weight is 609 g/mol. The first-order valence-electron chi connectivity index (χ1n) is 12.1. The summed E-state index contributed by atoms with van der Waals surface area (Å²) >= 11 is 2.10. The fourth-order valence-electron chi connectivity index (χ4n) is 5.08. The lowest BCUT2D eigenvalue weighted by molar-refractivity contribution is 0.280. The fraction of sp³-hybridized carbons (Fsp3) is 0.407. The van der Waals surface area contributed by atoms with Gasteiger partial charge in [-0.05, 0) is 66.5 Å². The molecule has 2 N–H and O–H groups in total. The second-order valence-electron chi connectivity index (χ2n) is 9.33. The third kappa shape index (κ3) is 5.13. The minimum absolute atomic E-state index is 0.0376. The summed E-state index contributed by atoms with van der Waals surface area (Å²) in [5.74, 6) is -0.717. The van der Waals surface area contributed by atoms with Gasteiger partial charge in [-0.2, -0.15) is 0 Å². The van der Waals surface area contributed by atoms with Crippen molar-refractivity contribution in [2.24, 2.45) is 11.7 Å². The Morgan fingerprint density at radius 1 is 1.06 bits per heavy atom. The van der Waals surface area contributed by atoms with Gasteiger partial charge in [-0.3, -0.25) is 13.9 Å². The van der Waals surface area contributed by atoms with Crippen molar-refractivity contribution >= 4 is 22.6 Å². The average Bonchev–Trinajstić information content (AvgIpc) is 2.87. The van der Waals surface area contributed by atoms with Crippen LogP contribution in [0.3, 0.4) is 0 Å².